The normalized spacial score (nSPS) is 19.3. The Morgan fingerprint density at radius 2 is 1.77 bits per heavy atom. The third-order valence-corrected chi connectivity index (χ3v) is 8.33. The van der Waals surface area contributed by atoms with Gasteiger partial charge in [-0.3, -0.25) is 0 Å². The van der Waals surface area contributed by atoms with Gasteiger partial charge in [-0.1, -0.05) is 48.5 Å². The van der Waals surface area contributed by atoms with Gasteiger partial charge in [0.1, 0.15) is 18.6 Å². The van der Waals surface area contributed by atoms with Crippen LogP contribution in [-0.2, 0) is 21.3 Å². The number of nitrogens with zero attached hydrogens (tertiary/aromatic N) is 3. The van der Waals surface area contributed by atoms with Gasteiger partial charge in [-0.25, -0.2) is 14.2 Å². The number of imidazole rings is 1. The van der Waals surface area contributed by atoms with Crippen molar-refractivity contribution in [2.75, 3.05) is 26.7 Å². The summed E-state index contributed by atoms with van der Waals surface area (Å²) in [6.07, 6.45) is 1.66. The van der Waals surface area contributed by atoms with Crippen molar-refractivity contribution < 1.29 is 18.7 Å². The molecule has 4 atom stereocenters. The molecule has 0 amide bonds. The Morgan fingerprint density at radius 1 is 1.05 bits per heavy atom. The molecule has 0 aliphatic heterocycles. The Kier molecular flexibility index (Phi) is 12.8. The molecule has 0 saturated heterocycles. The van der Waals surface area contributed by atoms with Crippen LogP contribution in [0.1, 0.15) is 62.9 Å². The van der Waals surface area contributed by atoms with Crippen LogP contribution in [0.15, 0.2) is 66.7 Å². The number of halogens is 3. The standard InChI is InChI=1S/C34H42FN3O3.2ClH/c1-23(2)41-33(39)22-40-32(26-14-13-24-9-5-6-10-25(24)19-26)17-18-37(3)21-28-16-15-27(20-29(28)35)34-36-30-11-7-8-12-31(30)38(34)4;;/h5-14,19,23,27-29,32H,15-18,20-22H2,1-4H3;2*1H/t27-,28-,29?,32?;;/m0../s1. The molecule has 0 radical (unpaired) electrons. The SMILES string of the molecule is CC(C)OC(=O)COC(CCN(C)C[C@@H]1CC[C@H](c2nc3ccccc3n2C)CC1F)c1ccc2ccccc2c1.Cl.Cl. The van der Waals surface area contributed by atoms with Crippen molar-refractivity contribution in [2.24, 2.45) is 13.0 Å². The first-order valence-corrected chi connectivity index (χ1v) is 14.8. The third-order valence-electron chi connectivity index (χ3n) is 8.33. The number of esters is 1. The van der Waals surface area contributed by atoms with Gasteiger partial charge in [0.15, 0.2) is 0 Å². The summed E-state index contributed by atoms with van der Waals surface area (Å²) >= 11 is 0. The molecule has 2 unspecified atom stereocenters. The van der Waals surface area contributed by atoms with Gasteiger partial charge in [0.25, 0.3) is 0 Å². The van der Waals surface area contributed by atoms with E-state index >= 15 is 4.39 Å². The lowest BCUT2D eigenvalue weighted by Gasteiger charge is -2.34. The van der Waals surface area contributed by atoms with Gasteiger partial charge in [0.2, 0.25) is 0 Å². The predicted molar refractivity (Wildman–Crippen MR) is 176 cm³/mol. The van der Waals surface area contributed by atoms with E-state index in [1.165, 1.54) is 0 Å². The molecule has 1 heterocycles. The maximum absolute atomic E-state index is 15.5. The summed E-state index contributed by atoms with van der Waals surface area (Å²) in [4.78, 5) is 19.3. The zero-order chi connectivity index (χ0) is 28.9. The van der Waals surface area contributed by atoms with Crippen LogP contribution in [0.5, 0.6) is 0 Å². The molecule has 1 aromatic heterocycles. The minimum absolute atomic E-state index is 0. The number of benzene rings is 3. The first kappa shape index (κ1) is 34.8. The molecule has 6 nitrogen and oxygen atoms in total. The summed E-state index contributed by atoms with van der Waals surface area (Å²) in [7, 11) is 4.09. The highest BCUT2D eigenvalue weighted by Gasteiger charge is 2.34. The zero-order valence-electron chi connectivity index (χ0n) is 25.4. The summed E-state index contributed by atoms with van der Waals surface area (Å²) in [5.41, 5.74) is 3.10. The molecule has 0 N–H and O–H groups in total. The molecule has 1 saturated carbocycles. The van der Waals surface area contributed by atoms with Crippen LogP contribution in [0, 0.1) is 5.92 Å². The van der Waals surface area contributed by atoms with Crippen molar-refractivity contribution in [1.82, 2.24) is 14.5 Å². The number of aryl methyl sites for hydroxylation is 1. The molecule has 4 aromatic rings. The zero-order valence-corrected chi connectivity index (χ0v) is 27.1. The van der Waals surface area contributed by atoms with Gasteiger partial charge < -0.3 is 18.9 Å². The number of aromatic nitrogens is 2. The second kappa shape index (κ2) is 15.8. The lowest BCUT2D eigenvalue weighted by Crippen LogP contribution is -2.36. The summed E-state index contributed by atoms with van der Waals surface area (Å²) < 4.78 is 29.0. The highest BCUT2D eigenvalue weighted by atomic mass is 35.5. The van der Waals surface area contributed by atoms with E-state index in [9.17, 15) is 4.79 Å². The first-order chi connectivity index (χ1) is 19.8. The van der Waals surface area contributed by atoms with Gasteiger partial charge in [0.05, 0.1) is 23.2 Å². The molecule has 234 valence electrons. The number of rotatable bonds is 11. The molecule has 1 aliphatic carbocycles. The second-order valence-electron chi connectivity index (χ2n) is 11.8. The lowest BCUT2D eigenvalue weighted by atomic mass is 9.80. The molecule has 5 rings (SSSR count). The number of carbonyl (C=O) groups excluding carboxylic acids is 1. The van der Waals surface area contributed by atoms with E-state index in [4.69, 9.17) is 14.5 Å². The number of hydrogen-bond acceptors (Lipinski definition) is 5. The Balaban J connectivity index is 0.00000253. The highest BCUT2D eigenvalue weighted by molar-refractivity contribution is 5.85. The van der Waals surface area contributed by atoms with Crippen LogP contribution in [0.2, 0.25) is 0 Å². The van der Waals surface area contributed by atoms with E-state index in [0.29, 0.717) is 19.4 Å². The second-order valence-corrected chi connectivity index (χ2v) is 11.8. The third kappa shape index (κ3) is 8.69. The number of carbonyl (C=O) groups is 1. The van der Waals surface area contributed by atoms with Gasteiger partial charge in [0, 0.05) is 32.0 Å². The van der Waals surface area contributed by atoms with Crippen molar-refractivity contribution in [1.29, 1.82) is 0 Å². The predicted octanol–water partition coefficient (Wildman–Crippen LogP) is 7.82. The fourth-order valence-corrected chi connectivity index (χ4v) is 6.20. The Labute approximate surface area is 266 Å². The van der Waals surface area contributed by atoms with Crippen molar-refractivity contribution in [3.05, 3.63) is 78.1 Å². The van der Waals surface area contributed by atoms with Crippen LogP contribution in [0.25, 0.3) is 21.8 Å². The maximum Gasteiger partial charge on any atom is 0.332 e. The lowest BCUT2D eigenvalue weighted by molar-refractivity contribution is -0.155. The van der Waals surface area contributed by atoms with Crippen LogP contribution < -0.4 is 0 Å². The van der Waals surface area contributed by atoms with Crippen LogP contribution in [0.3, 0.4) is 0 Å². The summed E-state index contributed by atoms with van der Waals surface area (Å²) in [6, 6.07) is 22.6. The Hall–Kier alpha value is -2.71. The van der Waals surface area contributed by atoms with Gasteiger partial charge in [-0.15, -0.1) is 24.8 Å². The largest absolute Gasteiger partial charge is 0.461 e. The van der Waals surface area contributed by atoms with E-state index in [1.807, 2.05) is 51.2 Å². The number of fused-ring (bicyclic) bond motifs is 2. The Morgan fingerprint density at radius 3 is 2.49 bits per heavy atom. The van der Waals surface area contributed by atoms with Crippen molar-refractivity contribution in [2.45, 2.75) is 63.8 Å². The van der Waals surface area contributed by atoms with Crippen LogP contribution in [-0.4, -0.2) is 59.4 Å². The average Bonchev–Trinajstić information content (AvgIpc) is 3.30. The number of para-hydroxylation sites is 2. The van der Waals surface area contributed by atoms with E-state index in [2.05, 4.69) is 52.9 Å². The molecule has 0 spiro atoms. The van der Waals surface area contributed by atoms with E-state index in [-0.39, 0.29) is 61.4 Å². The van der Waals surface area contributed by atoms with Crippen molar-refractivity contribution in [3.8, 4) is 0 Å². The maximum atomic E-state index is 15.5. The van der Waals surface area contributed by atoms with E-state index in [1.54, 1.807) is 0 Å². The molecule has 1 aliphatic rings. The Bertz CT molecular complexity index is 1480. The quantitative estimate of drug-likeness (QED) is 0.158. The minimum Gasteiger partial charge on any atom is -0.461 e. The average molecular weight is 633 g/mol. The summed E-state index contributed by atoms with van der Waals surface area (Å²) in [5.74, 6) is 0.760. The molecule has 3 aromatic carbocycles. The molecular weight excluding hydrogens is 588 g/mol. The minimum atomic E-state index is -0.866. The van der Waals surface area contributed by atoms with Gasteiger partial charge >= 0.3 is 5.97 Å². The fourth-order valence-electron chi connectivity index (χ4n) is 6.20. The van der Waals surface area contributed by atoms with Gasteiger partial charge in [-0.2, -0.15) is 0 Å². The highest BCUT2D eigenvalue weighted by Crippen LogP contribution is 2.38. The molecule has 1 fully saturated rings. The monoisotopic (exact) mass is 631 g/mol. The summed E-state index contributed by atoms with van der Waals surface area (Å²) in [6.45, 7) is 4.98. The molecule has 0 bridgehead atoms. The van der Waals surface area contributed by atoms with Crippen LogP contribution >= 0.6 is 24.8 Å². The molecule has 43 heavy (non-hydrogen) atoms. The smallest absolute Gasteiger partial charge is 0.332 e. The number of alkyl halides is 1. The number of ether oxygens (including phenoxy) is 2. The molecule has 9 heteroatoms. The van der Waals surface area contributed by atoms with Crippen LogP contribution in [0.4, 0.5) is 4.39 Å². The van der Waals surface area contributed by atoms with E-state index < -0.39 is 6.17 Å². The topological polar surface area (TPSA) is 56.6 Å². The van der Waals surface area contributed by atoms with Gasteiger partial charge in [-0.05, 0) is 81.1 Å². The molecular formula is C34H44Cl2FN3O3. The van der Waals surface area contributed by atoms with Crippen molar-refractivity contribution >= 4 is 52.6 Å². The number of hydrogen-bond donors (Lipinski definition) is 0. The first-order valence-electron chi connectivity index (χ1n) is 14.8. The van der Waals surface area contributed by atoms with E-state index in [0.717, 1.165) is 52.6 Å². The summed E-state index contributed by atoms with van der Waals surface area (Å²) in [5, 5.41) is 2.30. The van der Waals surface area contributed by atoms with Crippen molar-refractivity contribution in [3.63, 3.8) is 0 Å². The fraction of sp³-hybridized carbons (Fsp3) is 0.471.